The van der Waals surface area contributed by atoms with E-state index in [4.69, 9.17) is 5.53 Å². The fourth-order valence-corrected chi connectivity index (χ4v) is 1.23. The lowest BCUT2D eigenvalue weighted by molar-refractivity contribution is -0.142. The molecule has 0 bridgehead atoms. The largest absolute Gasteiger partial charge is 0.457 e. The molecule has 0 aromatic rings. The monoisotopic (exact) mass is 266 g/mol. The second kappa shape index (κ2) is 9.91. The van der Waals surface area contributed by atoms with Crippen molar-refractivity contribution in [3.05, 3.63) is 17.7 Å². The summed E-state index contributed by atoms with van der Waals surface area (Å²) < 4.78 is 4.55. The standard InChI is InChI=1S/C13H18N2O4/c1-3-5-6-7-10(16)8-9-11(17)12(15-14)13(18)19-4-2/h6-7H,3-5,8-9H2,1-2H3/b7-6+. The first-order chi connectivity index (χ1) is 9.06. The van der Waals surface area contributed by atoms with E-state index in [1.165, 1.54) is 6.08 Å². The first-order valence-electron chi connectivity index (χ1n) is 6.18. The molecule has 0 spiro atoms. The Morgan fingerprint density at radius 3 is 2.42 bits per heavy atom. The molecule has 6 heteroatoms. The molecule has 0 unspecified atom stereocenters. The molecule has 0 aromatic heterocycles. The quantitative estimate of drug-likeness (QED) is 0.158. The SMILES string of the molecule is CCC/C=C/C(=O)CCC(=O)C(=[N+]=[N-])C(=O)OCC. The van der Waals surface area contributed by atoms with Gasteiger partial charge in [-0.05, 0) is 19.4 Å². The number of hydrogen-bond acceptors (Lipinski definition) is 4. The molecule has 104 valence electrons. The van der Waals surface area contributed by atoms with E-state index in [0.717, 1.165) is 12.8 Å². The maximum Gasteiger partial charge on any atom is 0.441 e. The van der Waals surface area contributed by atoms with Gasteiger partial charge in [0.25, 0.3) is 5.78 Å². The third-order valence-electron chi connectivity index (χ3n) is 2.19. The highest BCUT2D eigenvalue weighted by atomic mass is 16.5. The third kappa shape index (κ3) is 7.06. The molecule has 0 saturated heterocycles. The Morgan fingerprint density at radius 2 is 1.89 bits per heavy atom. The van der Waals surface area contributed by atoms with E-state index in [0.29, 0.717) is 0 Å². The normalized spacial score (nSPS) is 10.0. The van der Waals surface area contributed by atoms with Crippen LogP contribution in [0.1, 0.15) is 39.5 Å². The van der Waals surface area contributed by atoms with Crippen LogP contribution in [0, 0.1) is 0 Å². The van der Waals surface area contributed by atoms with E-state index in [1.807, 2.05) is 6.92 Å². The number of ether oxygens (including phenoxy) is 1. The maximum absolute atomic E-state index is 11.6. The number of ketones is 2. The predicted molar refractivity (Wildman–Crippen MR) is 68.6 cm³/mol. The van der Waals surface area contributed by atoms with Gasteiger partial charge in [-0.15, -0.1) is 0 Å². The topological polar surface area (TPSA) is 96.8 Å². The number of unbranched alkanes of at least 4 members (excludes halogenated alkanes) is 1. The summed E-state index contributed by atoms with van der Waals surface area (Å²) in [7, 11) is 0. The first-order valence-corrected chi connectivity index (χ1v) is 6.18. The minimum Gasteiger partial charge on any atom is -0.457 e. The fourth-order valence-electron chi connectivity index (χ4n) is 1.23. The van der Waals surface area contributed by atoms with Crippen LogP contribution in [0.4, 0.5) is 0 Å². The van der Waals surface area contributed by atoms with Gasteiger partial charge in [0.05, 0.1) is 6.61 Å². The van der Waals surface area contributed by atoms with Gasteiger partial charge in [0.1, 0.15) is 0 Å². The Kier molecular flexibility index (Phi) is 8.83. The Balaban J connectivity index is 4.33. The third-order valence-corrected chi connectivity index (χ3v) is 2.19. The molecule has 0 radical (unpaired) electrons. The minimum atomic E-state index is -0.982. The summed E-state index contributed by atoms with van der Waals surface area (Å²) >= 11 is 0. The van der Waals surface area contributed by atoms with Gasteiger partial charge in [-0.3, -0.25) is 9.59 Å². The predicted octanol–water partition coefficient (Wildman–Crippen LogP) is 1.50. The van der Waals surface area contributed by atoms with Crippen molar-refractivity contribution in [2.24, 2.45) is 0 Å². The Morgan fingerprint density at radius 1 is 1.21 bits per heavy atom. The Hall–Kier alpha value is -2.07. The number of hydrogen-bond donors (Lipinski definition) is 0. The summed E-state index contributed by atoms with van der Waals surface area (Å²) in [4.78, 5) is 36.8. The highest BCUT2D eigenvalue weighted by Gasteiger charge is 2.30. The second-order valence-electron chi connectivity index (χ2n) is 3.75. The van der Waals surface area contributed by atoms with Crippen LogP contribution in [0.3, 0.4) is 0 Å². The zero-order valence-electron chi connectivity index (χ0n) is 11.2. The molecule has 0 N–H and O–H groups in total. The molecule has 0 fully saturated rings. The van der Waals surface area contributed by atoms with Crippen molar-refractivity contribution < 1.29 is 23.9 Å². The second-order valence-corrected chi connectivity index (χ2v) is 3.75. The smallest absolute Gasteiger partial charge is 0.441 e. The minimum absolute atomic E-state index is 0.0303. The number of rotatable bonds is 9. The molecule has 0 aliphatic rings. The van der Waals surface area contributed by atoms with Crippen LogP contribution in [0.5, 0.6) is 0 Å². The van der Waals surface area contributed by atoms with Gasteiger partial charge >= 0.3 is 11.7 Å². The van der Waals surface area contributed by atoms with E-state index in [-0.39, 0.29) is 25.2 Å². The molecular weight excluding hydrogens is 248 g/mol. The van der Waals surface area contributed by atoms with Gasteiger partial charge in [0, 0.05) is 12.8 Å². The van der Waals surface area contributed by atoms with Crippen LogP contribution in [-0.4, -0.2) is 34.6 Å². The van der Waals surface area contributed by atoms with Crippen molar-refractivity contribution in [2.75, 3.05) is 6.61 Å². The van der Waals surface area contributed by atoms with E-state index in [1.54, 1.807) is 13.0 Å². The number of nitrogens with zero attached hydrogens (tertiary/aromatic N) is 2. The molecule has 0 aliphatic heterocycles. The average molecular weight is 266 g/mol. The summed E-state index contributed by atoms with van der Waals surface area (Å²) in [5.41, 5.74) is 7.93. The van der Waals surface area contributed by atoms with Gasteiger partial charge in [-0.1, -0.05) is 19.4 Å². The average Bonchev–Trinajstić information content (AvgIpc) is 2.38. The lowest BCUT2D eigenvalue weighted by Crippen LogP contribution is -2.27. The molecule has 0 atom stereocenters. The van der Waals surface area contributed by atoms with Gasteiger partial charge in [0.15, 0.2) is 5.78 Å². The number of carbonyl (C=O) groups is 3. The molecule has 0 amide bonds. The molecule has 0 rings (SSSR count). The molecule has 6 nitrogen and oxygen atoms in total. The van der Waals surface area contributed by atoms with Crippen LogP contribution in [-0.2, 0) is 19.1 Å². The lowest BCUT2D eigenvalue weighted by Gasteiger charge is -1.96. The van der Waals surface area contributed by atoms with Crippen LogP contribution >= 0.6 is 0 Å². The highest BCUT2D eigenvalue weighted by Crippen LogP contribution is 1.98. The zero-order valence-corrected chi connectivity index (χ0v) is 11.2. The first kappa shape index (κ1) is 16.9. The number of esters is 1. The van der Waals surface area contributed by atoms with E-state index in [2.05, 4.69) is 9.53 Å². The summed E-state index contributed by atoms with van der Waals surface area (Å²) in [6, 6.07) is 0. The molecule has 0 aliphatic carbocycles. The van der Waals surface area contributed by atoms with Gasteiger partial charge in [-0.2, -0.15) is 4.79 Å². The summed E-state index contributed by atoms with van der Waals surface area (Å²) in [5, 5.41) is 0. The number of Topliss-reactive ketones (excluding diaryl/α,β-unsaturated/α-hetero) is 1. The zero-order chi connectivity index (χ0) is 14.7. The summed E-state index contributed by atoms with van der Waals surface area (Å²) in [6.45, 7) is 3.63. The molecular formula is C13H18N2O4. The van der Waals surface area contributed by atoms with Gasteiger partial charge in [0.2, 0.25) is 0 Å². The molecule has 0 aromatic carbocycles. The Labute approximate surface area is 112 Å². The molecule has 0 saturated carbocycles. The van der Waals surface area contributed by atoms with Crippen molar-refractivity contribution in [3.63, 3.8) is 0 Å². The van der Waals surface area contributed by atoms with Crippen LogP contribution < -0.4 is 0 Å². The van der Waals surface area contributed by atoms with Crippen molar-refractivity contribution in [3.8, 4) is 0 Å². The summed E-state index contributed by atoms with van der Waals surface area (Å²) in [5.74, 6) is -1.90. The fraction of sp³-hybridized carbons (Fsp3) is 0.538. The van der Waals surface area contributed by atoms with Gasteiger partial charge < -0.3 is 10.3 Å². The van der Waals surface area contributed by atoms with E-state index in [9.17, 15) is 14.4 Å². The van der Waals surface area contributed by atoms with Crippen molar-refractivity contribution in [1.82, 2.24) is 0 Å². The lowest BCUT2D eigenvalue weighted by atomic mass is 10.1. The van der Waals surface area contributed by atoms with E-state index >= 15 is 0 Å². The number of carbonyl (C=O) groups excluding carboxylic acids is 3. The van der Waals surface area contributed by atoms with Crippen LogP contribution in [0.25, 0.3) is 5.53 Å². The van der Waals surface area contributed by atoms with Crippen LogP contribution in [0.15, 0.2) is 12.2 Å². The molecule has 19 heavy (non-hydrogen) atoms. The Bertz CT molecular complexity index is 420. The summed E-state index contributed by atoms with van der Waals surface area (Å²) in [6.07, 6.45) is 4.67. The van der Waals surface area contributed by atoms with Crippen LogP contribution in [0.2, 0.25) is 0 Å². The van der Waals surface area contributed by atoms with Crippen molar-refractivity contribution >= 4 is 23.2 Å². The van der Waals surface area contributed by atoms with Crippen molar-refractivity contribution in [1.29, 1.82) is 0 Å². The van der Waals surface area contributed by atoms with E-state index < -0.39 is 17.5 Å². The highest BCUT2D eigenvalue weighted by molar-refractivity contribution is 6.62. The van der Waals surface area contributed by atoms with Gasteiger partial charge in [-0.25, -0.2) is 4.79 Å². The maximum atomic E-state index is 11.6. The van der Waals surface area contributed by atoms with Crippen molar-refractivity contribution in [2.45, 2.75) is 39.5 Å². The number of allylic oxidation sites excluding steroid dienone is 2. The molecule has 0 heterocycles.